The van der Waals surface area contributed by atoms with E-state index in [1.54, 1.807) is 11.4 Å². The Balaban J connectivity index is 1.79. The number of carbonyl (C=O) groups is 2. The van der Waals surface area contributed by atoms with Gasteiger partial charge in [0.15, 0.2) is 0 Å². The maximum absolute atomic E-state index is 12.1. The molecule has 6 nitrogen and oxygen atoms in total. The van der Waals surface area contributed by atoms with E-state index in [2.05, 4.69) is 10.2 Å². The van der Waals surface area contributed by atoms with Crippen molar-refractivity contribution in [2.24, 2.45) is 5.73 Å². The van der Waals surface area contributed by atoms with Gasteiger partial charge in [0.05, 0.1) is 12.2 Å². The SMILES string of the molecule is CCOc1ccc(CN(C)CCC(=O)Nc2sccc2C(N)=O)cc1. The summed E-state index contributed by atoms with van der Waals surface area (Å²) in [6.07, 6.45) is 0.337. The number of amides is 2. The average molecular weight is 361 g/mol. The van der Waals surface area contributed by atoms with Gasteiger partial charge in [-0.15, -0.1) is 11.3 Å². The Morgan fingerprint density at radius 3 is 2.60 bits per heavy atom. The summed E-state index contributed by atoms with van der Waals surface area (Å²) in [6.45, 7) is 3.95. The second kappa shape index (κ2) is 9.19. The molecule has 2 aromatic rings. The van der Waals surface area contributed by atoms with Crippen LogP contribution in [0.4, 0.5) is 5.00 Å². The summed E-state index contributed by atoms with van der Waals surface area (Å²) in [5, 5.41) is 4.98. The number of benzene rings is 1. The highest BCUT2D eigenvalue weighted by Crippen LogP contribution is 2.22. The van der Waals surface area contributed by atoms with Crippen LogP contribution in [0.25, 0.3) is 0 Å². The van der Waals surface area contributed by atoms with E-state index in [0.29, 0.717) is 30.1 Å². The minimum atomic E-state index is -0.538. The van der Waals surface area contributed by atoms with E-state index < -0.39 is 5.91 Å². The van der Waals surface area contributed by atoms with Crippen molar-refractivity contribution in [3.63, 3.8) is 0 Å². The van der Waals surface area contributed by atoms with Gasteiger partial charge in [-0.25, -0.2) is 0 Å². The van der Waals surface area contributed by atoms with E-state index in [9.17, 15) is 9.59 Å². The lowest BCUT2D eigenvalue weighted by Crippen LogP contribution is -2.24. The molecule has 2 rings (SSSR count). The number of primary amides is 1. The lowest BCUT2D eigenvalue weighted by molar-refractivity contribution is -0.116. The highest BCUT2D eigenvalue weighted by Gasteiger charge is 2.13. The molecule has 0 aliphatic carbocycles. The van der Waals surface area contributed by atoms with Crippen molar-refractivity contribution in [3.05, 3.63) is 46.8 Å². The zero-order chi connectivity index (χ0) is 18.2. The maximum Gasteiger partial charge on any atom is 0.251 e. The molecule has 1 aromatic carbocycles. The molecular weight excluding hydrogens is 338 g/mol. The first-order valence-electron chi connectivity index (χ1n) is 8.07. The summed E-state index contributed by atoms with van der Waals surface area (Å²) in [5.41, 5.74) is 6.77. The van der Waals surface area contributed by atoms with Crippen molar-refractivity contribution in [1.29, 1.82) is 0 Å². The molecule has 0 aliphatic heterocycles. The number of nitrogens with zero attached hydrogens (tertiary/aromatic N) is 1. The second-order valence-electron chi connectivity index (χ2n) is 5.64. The highest BCUT2D eigenvalue weighted by atomic mass is 32.1. The quantitative estimate of drug-likeness (QED) is 0.719. The van der Waals surface area contributed by atoms with Crippen molar-refractivity contribution in [2.75, 3.05) is 25.5 Å². The Morgan fingerprint density at radius 2 is 1.96 bits per heavy atom. The molecule has 25 heavy (non-hydrogen) atoms. The predicted molar refractivity (Wildman–Crippen MR) is 100 cm³/mol. The van der Waals surface area contributed by atoms with Gasteiger partial charge in [0, 0.05) is 19.5 Å². The molecule has 0 saturated heterocycles. The Labute approximate surface area is 151 Å². The Hall–Kier alpha value is -2.38. The van der Waals surface area contributed by atoms with Gasteiger partial charge in [-0.2, -0.15) is 0 Å². The van der Waals surface area contributed by atoms with Crippen LogP contribution in [0.1, 0.15) is 29.3 Å². The molecule has 0 radical (unpaired) electrons. The first-order chi connectivity index (χ1) is 12.0. The molecule has 2 amide bonds. The van der Waals surface area contributed by atoms with Crippen LogP contribution in [0.2, 0.25) is 0 Å². The number of ether oxygens (including phenoxy) is 1. The van der Waals surface area contributed by atoms with Crippen molar-refractivity contribution in [2.45, 2.75) is 19.9 Å². The Morgan fingerprint density at radius 1 is 1.24 bits per heavy atom. The highest BCUT2D eigenvalue weighted by molar-refractivity contribution is 7.14. The van der Waals surface area contributed by atoms with Crippen LogP contribution in [0, 0.1) is 0 Å². The number of anilines is 1. The number of carbonyl (C=O) groups excluding carboxylic acids is 2. The predicted octanol–water partition coefficient (Wildman–Crippen LogP) is 2.71. The van der Waals surface area contributed by atoms with E-state index in [1.807, 2.05) is 38.2 Å². The molecule has 0 unspecified atom stereocenters. The zero-order valence-electron chi connectivity index (χ0n) is 14.5. The van der Waals surface area contributed by atoms with Gasteiger partial charge in [-0.3, -0.25) is 9.59 Å². The van der Waals surface area contributed by atoms with Crippen molar-refractivity contribution in [1.82, 2.24) is 4.90 Å². The number of nitrogens with one attached hydrogen (secondary N) is 1. The molecule has 3 N–H and O–H groups in total. The number of hydrogen-bond donors (Lipinski definition) is 2. The van der Waals surface area contributed by atoms with Crippen molar-refractivity contribution >= 4 is 28.2 Å². The number of hydrogen-bond acceptors (Lipinski definition) is 5. The van der Waals surface area contributed by atoms with E-state index in [-0.39, 0.29) is 5.91 Å². The van der Waals surface area contributed by atoms with E-state index in [0.717, 1.165) is 17.9 Å². The molecular formula is C18H23N3O3S. The monoisotopic (exact) mass is 361 g/mol. The third-order valence-corrected chi connectivity index (χ3v) is 4.42. The molecule has 0 atom stereocenters. The lowest BCUT2D eigenvalue weighted by Gasteiger charge is -2.16. The molecule has 0 aliphatic rings. The van der Waals surface area contributed by atoms with Gasteiger partial charge in [0.2, 0.25) is 5.91 Å². The van der Waals surface area contributed by atoms with Gasteiger partial charge in [0.25, 0.3) is 5.91 Å². The fourth-order valence-corrected chi connectivity index (χ4v) is 3.14. The molecule has 0 fully saturated rings. The van der Waals surface area contributed by atoms with Gasteiger partial charge >= 0.3 is 0 Å². The molecule has 1 heterocycles. The van der Waals surface area contributed by atoms with E-state index >= 15 is 0 Å². The third-order valence-electron chi connectivity index (χ3n) is 3.59. The van der Waals surface area contributed by atoms with Gasteiger partial charge < -0.3 is 20.7 Å². The minimum Gasteiger partial charge on any atom is -0.494 e. The summed E-state index contributed by atoms with van der Waals surface area (Å²) in [5.74, 6) is 0.183. The van der Waals surface area contributed by atoms with E-state index in [4.69, 9.17) is 10.5 Å². The molecule has 0 spiro atoms. The van der Waals surface area contributed by atoms with Gasteiger partial charge in [-0.1, -0.05) is 12.1 Å². The smallest absolute Gasteiger partial charge is 0.251 e. The first kappa shape index (κ1) is 19.0. The van der Waals surface area contributed by atoms with Gasteiger partial charge in [0.1, 0.15) is 10.8 Å². The minimum absolute atomic E-state index is 0.136. The van der Waals surface area contributed by atoms with Crippen LogP contribution in [0.15, 0.2) is 35.7 Å². The summed E-state index contributed by atoms with van der Waals surface area (Å²) >= 11 is 1.29. The topological polar surface area (TPSA) is 84.7 Å². The Bertz CT molecular complexity index is 713. The number of nitrogens with two attached hydrogens (primary N) is 1. The van der Waals surface area contributed by atoms with Crippen molar-refractivity contribution < 1.29 is 14.3 Å². The molecule has 134 valence electrons. The van der Waals surface area contributed by atoms with E-state index in [1.165, 1.54) is 11.3 Å². The molecule has 0 saturated carbocycles. The summed E-state index contributed by atoms with van der Waals surface area (Å²) in [7, 11) is 1.96. The fourth-order valence-electron chi connectivity index (χ4n) is 2.33. The van der Waals surface area contributed by atoms with Crippen LogP contribution in [0.5, 0.6) is 5.75 Å². The average Bonchev–Trinajstić information content (AvgIpc) is 3.03. The normalized spacial score (nSPS) is 10.7. The largest absolute Gasteiger partial charge is 0.494 e. The summed E-state index contributed by atoms with van der Waals surface area (Å²) < 4.78 is 5.42. The van der Waals surface area contributed by atoms with Crippen LogP contribution in [0.3, 0.4) is 0 Å². The summed E-state index contributed by atoms with van der Waals surface area (Å²) in [4.78, 5) is 25.4. The number of thiophene rings is 1. The molecule has 1 aromatic heterocycles. The standard InChI is InChI=1S/C18H23N3O3S/c1-3-24-14-6-4-13(5-7-14)12-21(2)10-8-16(22)20-18-15(17(19)23)9-11-25-18/h4-7,9,11H,3,8,10,12H2,1-2H3,(H2,19,23)(H,20,22). The van der Waals surface area contributed by atoms with Crippen LogP contribution in [-0.4, -0.2) is 36.9 Å². The lowest BCUT2D eigenvalue weighted by atomic mass is 10.2. The fraction of sp³-hybridized carbons (Fsp3) is 0.333. The van der Waals surface area contributed by atoms with Crippen LogP contribution < -0.4 is 15.8 Å². The first-order valence-corrected chi connectivity index (χ1v) is 8.95. The molecule has 7 heteroatoms. The van der Waals surface area contributed by atoms with Crippen LogP contribution in [-0.2, 0) is 11.3 Å². The zero-order valence-corrected chi connectivity index (χ0v) is 15.3. The Kier molecular flexibility index (Phi) is 6.97. The molecule has 0 bridgehead atoms. The van der Waals surface area contributed by atoms with Crippen molar-refractivity contribution in [3.8, 4) is 5.75 Å². The third kappa shape index (κ3) is 5.88. The number of rotatable bonds is 9. The van der Waals surface area contributed by atoms with Crippen LogP contribution >= 0.6 is 11.3 Å². The summed E-state index contributed by atoms with van der Waals surface area (Å²) in [6, 6.07) is 9.54. The maximum atomic E-state index is 12.1. The second-order valence-corrected chi connectivity index (χ2v) is 6.56. The van der Waals surface area contributed by atoms with Gasteiger partial charge in [-0.05, 0) is 43.1 Å².